The van der Waals surface area contributed by atoms with Gasteiger partial charge in [-0.25, -0.2) is 0 Å². The first-order valence-electron chi connectivity index (χ1n) is 5.86. The molecule has 0 spiro atoms. The van der Waals surface area contributed by atoms with Gasteiger partial charge in [-0.1, -0.05) is 0 Å². The number of hydrogen-bond donors (Lipinski definition) is 1. The van der Waals surface area contributed by atoms with Gasteiger partial charge >= 0.3 is 0 Å². The number of pyridine rings is 1. The Morgan fingerprint density at radius 2 is 2.53 bits per heavy atom. The molecule has 80 valence electrons. The lowest BCUT2D eigenvalue weighted by molar-refractivity contribution is 0.589. The summed E-state index contributed by atoms with van der Waals surface area (Å²) in [5, 5.41) is 3.55. The molecule has 1 atom stereocenters. The molecule has 3 nitrogen and oxygen atoms in total. The summed E-state index contributed by atoms with van der Waals surface area (Å²) >= 11 is 0. The van der Waals surface area contributed by atoms with Gasteiger partial charge in [-0.15, -0.1) is 0 Å². The van der Waals surface area contributed by atoms with E-state index in [1.54, 1.807) is 0 Å². The van der Waals surface area contributed by atoms with Gasteiger partial charge in [0.15, 0.2) is 0 Å². The Morgan fingerprint density at radius 1 is 1.53 bits per heavy atom. The fraction of sp³-hybridized carbons (Fsp3) is 0.583. The predicted molar refractivity (Wildman–Crippen MR) is 61.2 cm³/mol. The Balaban J connectivity index is 1.73. The highest BCUT2D eigenvalue weighted by atomic mass is 15.2. The number of nitrogens with one attached hydrogen (secondary N) is 1. The van der Waals surface area contributed by atoms with E-state index in [0.717, 1.165) is 19.5 Å². The van der Waals surface area contributed by atoms with Gasteiger partial charge in [-0.05, 0) is 31.5 Å². The molecule has 3 heterocycles. The van der Waals surface area contributed by atoms with Gasteiger partial charge in [-0.2, -0.15) is 0 Å². The summed E-state index contributed by atoms with van der Waals surface area (Å²) < 4.78 is 0. The highest BCUT2D eigenvalue weighted by Gasteiger charge is 2.23. The maximum absolute atomic E-state index is 4.42. The van der Waals surface area contributed by atoms with Crippen LogP contribution in [0.25, 0.3) is 0 Å². The average Bonchev–Trinajstić information content (AvgIpc) is 2.89. The van der Waals surface area contributed by atoms with E-state index in [1.165, 1.54) is 30.8 Å². The van der Waals surface area contributed by atoms with Crippen molar-refractivity contribution in [2.75, 3.05) is 24.5 Å². The lowest BCUT2D eigenvalue weighted by Crippen LogP contribution is -2.36. The van der Waals surface area contributed by atoms with Crippen LogP contribution in [0.15, 0.2) is 18.3 Å². The number of nitrogens with zero attached hydrogens (tertiary/aromatic N) is 2. The number of rotatable bonds is 2. The lowest BCUT2D eigenvalue weighted by atomic mass is 10.2. The molecule has 1 unspecified atom stereocenters. The Bertz CT molecular complexity index is 344. The molecule has 3 heteroatoms. The smallest absolute Gasteiger partial charge is 0.0654 e. The van der Waals surface area contributed by atoms with E-state index in [4.69, 9.17) is 0 Å². The number of fused-ring (bicyclic) bond motifs is 1. The first kappa shape index (κ1) is 9.16. The van der Waals surface area contributed by atoms with Crippen LogP contribution in [0.5, 0.6) is 0 Å². The van der Waals surface area contributed by atoms with E-state index in [0.29, 0.717) is 6.04 Å². The molecule has 0 amide bonds. The molecular weight excluding hydrogens is 186 g/mol. The zero-order chi connectivity index (χ0) is 10.1. The van der Waals surface area contributed by atoms with Crippen molar-refractivity contribution in [2.24, 2.45) is 0 Å². The zero-order valence-corrected chi connectivity index (χ0v) is 8.95. The van der Waals surface area contributed by atoms with E-state index < -0.39 is 0 Å². The molecule has 1 N–H and O–H groups in total. The van der Waals surface area contributed by atoms with Crippen LogP contribution >= 0.6 is 0 Å². The Labute approximate surface area is 90.5 Å². The van der Waals surface area contributed by atoms with Crippen molar-refractivity contribution in [1.29, 1.82) is 0 Å². The SMILES string of the molecule is c1cnc2c(c1)N(CC1CCCN1)CC2. The fourth-order valence-corrected chi connectivity index (χ4v) is 2.64. The molecule has 0 aliphatic carbocycles. The highest BCUT2D eigenvalue weighted by molar-refractivity contribution is 5.54. The third-order valence-electron chi connectivity index (χ3n) is 3.43. The molecule has 15 heavy (non-hydrogen) atoms. The van der Waals surface area contributed by atoms with Gasteiger partial charge in [0.05, 0.1) is 11.4 Å². The van der Waals surface area contributed by atoms with Crippen LogP contribution in [0.2, 0.25) is 0 Å². The van der Waals surface area contributed by atoms with Crippen LogP contribution < -0.4 is 10.2 Å². The van der Waals surface area contributed by atoms with Gasteiger partial charge in [0.25, 0.3) is 0 Å². The fourth-order valence-electron chi connectivity index (χ4n) is 2.64. The van der Waals surface area contributed by atoms with Crippen LogP contribution in [-0.2, 0) is 6.42 Å². The van der Waals surface area contributed by atoms with Gasteiger partial charge in [0.1, 0.15) is 0 Å². The Hall–Kier alpha value is -1.09. The summed E-state index contributed by atoms with van der Waals surface area (Å²) in [6, 6.07) is 4.93. The van der Waals surface area contributed by atoms with Crippen molar-refractivity contribution >= 4 is 5.69 Å². The summed E-state index contributed by atoms with van der Waals surface area (Å²) in [4.78, 5) is 6.90. The van der Waals surface area contributed by atoms with E-state index in [9.17, 15) is 0 Å². The topological polar surface area (TPSA) is 28.2 Å². The molecule has 3 rings (SSSR count). The van der Waals surface area contributed by atoms with Gasteiger partial charge in [-0.3, -0.25) is 4.98 Å². The van der Waals surface area contributed by atoms with E-state index >= 15 is 0 Å². The summed E-state index contributed by atoms with van der Waals surface area (Å²) in [6.45, 7) is 3.49. The van der Waals surface area contributed by atoms with Crippen LogP contribution in [0.3, 0.4) is 0 Å². The van der Waals surface area contributed by atoms with Gasteiger partial charge < -0.3 is 10.2 Å². The third kappa shape index (κ3) is 1.72. The minimum atomic E-state index is 0.691. The van der Waals surface area contributed by atoms with Crippen molar-refractivity contribution in [3.63, 3.8) is 0 Å². The second-order valence-electron chi connectivity index (χ2n) is 4.46. The van der Waals surface area contributed by atoms with Crippen LogP contribution in [-0.4, -0.2) is 30.7 Å². The molecule has 0 aromatic carbocycles. The first-order chi connectivity index (χ1) is 7.43. The van der Waals surface area contributed by atoms with Crippen molar-refractivity contribution in [2.45, 2.75) is 25.3 Å². The molecule has 0 saturated carbocycles. The summed E-state index contributed by atoms with van der Waals surface area (Å²) in [5.41, 5.74) is 2.63. The normalized spacial score (nSPS) is 24.5. The van der Waals surface area contributed by atoms with Crippen molar-refractivity contribution in [3.8, 4) is 0 Å². The van der Waals surface area contributed by atoms with Crippen molar-refractivity contribution in [3.05, 3.63) is 24.0 Å². The lowest BCUT2D eigenvalue weighted by Gasteiger charge is -2.23. The summed E-state index contributed by atoms with van der Waals surface area (Å²) in [5.74, 6) is 0. The maximum atomic E-state index is 4.42. The van der Waals surface area contributed by atoms with E-state index in [-0.39, 0.29) is 0 Å². The van der Waals surface area contributed by atoms with E-state index in [2.05, 4.69) is 21.3 Å². The summed E-state index contributed by atoms with van der Waals surface area (Å²) in [6.07, 6.45) is 5.67. The quantitative estimate of drug-likeness (QED) is 0.782. The second-order valence-corrected chi connectivity index (χ2v) is 4.46. The molecule has 1 aromatic heterocycles. The van der Waals surface area contributed by atoms with Crippen LogP contribution in [0.1, 0.15) is 18.5 Å². The van der Waals surface area contributed by atoms with Crippen molar-refractivity contribution < 1.29 is 0 Å². The average molecular weight is 203 g/mol. The molecular formula is C12H17N3. The molecule has 1 aromatic rings. The minimum Gasteiger partial charge on any atom is -0.368 e. The molecule has 2 aliphatic rings. The van der Waals surface area contributed by atoms with Crippen LogP contribution in [0.4, 0.5) is 5.69 Å². The molecule has 1 fully saturated rings. The number of anilines is 1. The third-order valence-corrected chi connectivity index (χ3v) is 3.43. The van der Waals surface area contributed by atoms with Gasteiger partial charge in [0, 0.05) is 31.7 Å². The molecule has 2 aliphatic heterocycles. The second kappa shape index (κ2) is 3.81. The molecule has 0 bridgehead atoms. The number of aromatic nitrogens is 1. The Kier molecular flexibility index (Phi) is 2.33. The minimum absolute atomic E-state index is 0.691. The van der Waals surface area contributed by atoms with Crippen LogP contribution in [0, 0.1) is 0 Å². The van der Waals surface area contributed by atoms with Gasteiger partial charge in [0.2, 0.25) is 0 Å². The highest BCUT2D eigenvalue weighted by Crippen LogP contribution is 2.26. The standard InChI is InChI=1S/C12H17N3/c1-3-10(13-6-1)9-15-8-5-11-12(15)4-2-7-14-11/h2,4,7,10,13H,1,3,5-6,8-9H2. The summed E-state index contributed by atoms with van der Waals surface area (Å²) in [7, 11) is 0. The largest absolute Gasteiger partial charge is 0.368 e. The first-order valence-corrected chi connectivity index (χ1v) is 5.86. The Morgan fingerprint density at radius 3 is 3.40 bits per heavy atom. The molecule has 1 saturated heterocycles. The maximum Gasteiger partial charge on any atom is 0.0654 e. The zero-order valence-electron chi connectivity index (χ0n) is 8.95. The monoisotopic (exact) mass is 203 g/mol. The van der Waals surface area contributed by atoms with Crippen molar-refractivity contribution in [1.82, 2.24) is 10.3 Å². The number of hydrogen-bond acceptors (Lipinski definition) is 3. The molecule has 0 radical (unpaired) electrons. The predicted octanol–water partition coefficient (Wildman–Crippen LogP) is 1.20. The van der Waals surface area contributed by atoms with E-state index in [1.807, 2.05) is 12.3 Å².